The quantitative estimate of drug-likeness (QED) is 0.831. The van der Waals surface area contributed by atoms with Crippen LogP contribution in [0.2, 0.25) is 0 Å². The van der Waals surface area contributed by atoms with Gasteiger partial charge in [-0.1, -0.05) is 12.1 Å². The van der Waals surface area contributed by atoms with E-state index in [1.165, 1.54) is 12.8 Å². The Morgan fingerprint density at radius 3 is 2.50 bits per heavy atom. The number of pyridine rings is 1. The van der Waals surface area contributed by atoms with E-state index in [2.05, 4.69) is 0 Å². The van der Waals surface area contributed by atoms with Gasteiger partial charge in [-0.05, 0) is 55.0 Å². The van der Waals surface area contributed by atoms with Crippen molar-refractivity contribution in [2.45, 2.75) is 38.6 Å². The van der Waals surface area contributed by atoms with Crippen LogP contribution in [-0.2, 0) is 11.3 Å². The second-order valence-corrected chi connectivity index (χ2v) is 7.43. The highest BCUT2D eigenvalue weighted by molar-refractivity contribution is 5.97. The lowest BCUT2D eigenvalue weighted by molar-refractivity contribution is -0.117. The van der Waals surface area contributed by atoms with Gasteiger partial charge in [-0.2, -0.15) is 0 Å². The van der Waals surface area contributed by atoms with Crippen LogP contribution >= 0.6 is 0 Å². The van der Waals surface area contributed by atoms with Crippen molar-refractivity contribution in [2.24, 2.45) is 5.92 Å². The Labute approximate surface area is 153 Å². The number of ether oxygens (including phenoxy) is 1. The minimum absolute atomic E-state index is 0.0233. The van der Waals surface area contributed by atoms with Gasteiger partial charge in [0.05, 0.1) is 7.11 Å². The summed E-state index contributed by atoms with van der Waals surface area (Å²) < 4.78 is 6.98. The van der Waals surface area contributed by atoms with Gasteiger partial charge >= 0.3 is 0 Å². The zero-order chi connectivity index (χ0) is 18.3. The molecule has 2 aliphatic rings. The molecule has 4 rings (SSSR count). The molecule has 1 aliphatic heterocycles. The number of carbonyl (C=O) groups excluding carboxylic acids is 1. The molecular formula is C21H24N2O3. The van der Waals surface area contributed by atoms with Gasteiger partial charge in [-0.3, -0.25) is 9.59 Å². The Morgan fingerprint density at radius 2 is 1.85 bits per heavy atom. The van der Waals surface area contributed by atoms with Gasteiger partial charge in [0, 0.05) is 31.6 Å². The summed E-state index contributed by atoms with van der Waals surface area (Å²) in [6, 6.07) is 9.79. The predicted octanol–water partition coefficient (Wildman–Crippen LogP) is 3.10. The fourth-order valence-electron chi connectivity index (χ4n) is 3.73. The Bertz CT molecular complexity index is 881. The van der Waals surface area contributed by atoms with Crippen molar-refractivity contribution in [1.29, 1.82) is 0 Å². The highest BCUT2D eigenvalue weighted by atomic mass is 16.5. The molecule has 5 nitrogen and oxygen atoms in total. The largest absolute Gasteiger partial charge is 0.497 e. The van der Waals surface area contributed by atoms with Crippen molar-refractivity contribution in [2.75, 3.05) is 18.6 Å². The third kappa shape index (κ3) is 3.14. The molecule has 136 valence electrons. The van der Waals surface area contributed by atoms with Gasteiger partial charge in [0.1, 0.15) is 11.4 Å². The van der Waals surface area contributed by atoms with Gasteiger partial charge in [0.15, 0.2) is 0 Å². The van der Waals surface area contributed by atoms with Gasteiger partial charge in [0.2, 0.25) is 5.91 Å². The molecule has 5 heteroatoms. The van der Waals surface area contributed by atoms with E-state index in [1.807, 2.05) is 43.5 Å². The summed E-state index contributed by atoms with van der Waals surface area (Å²) in [6.07, 6.45) is 4.68. The van der Waals surface area contributed by atoms with Crippen LogP contribution in [0.3, 0.4) is 0 Å². The third-order valence-corrected chi connectivity index (χ3v) is 5.48. The Kier molecular flexibility index (Phi) is 4.31. The second kappa shape index (κ2) is 6.63. The van der Waals surface area contributed by atoms with Crippen LogP contribution < -0.4 is 15.2 Å². The van der Waals surface area contributed by atoms with Gasteiger partial charge in [-0.15, -0.1) is 0 Å². The van der Waals surface area contributed by atoms with E-state index in [4.69, 9.17) is 4.74 Å². The molecule has 2 aromatic rings. The number of rotatable bonds is 5. The van der Waals surface area contributed by atoms with Crippen molar-refractivity contribution in [3.8, 4) is 5.75 Å². The molecule has 1 saturated carbocycles. The number of benzene rings is 1. The van der Waals surface area contributed by atoms with Gasteiger partial charge in [0.25, 0.3) is 5.56 Å². The minimum Gasteiger partial charge on any atom is -0.497 e. The molecule has 1 atom stereocenters. The van der Waals surface area contributed by atoms with Crippen molar-refractivity contribution in [1.82, 2.24) is 4.57 Å². The number of nitrogens with zero attached hydrogens (tertiary/aromatic N) is 2. The van der Waals surface area contributed by atoms with E-state index in [0.29, 0.717) is 24.6 Å². The van der Waals surface area contributed by atoms with E-state index in [0.717, 1.165) is 23.4 Å². The molecule has 1 aromatic heterocycles. The fraction of sp³-hybridized carbons (Fsp3) is 0.429. The number of hydrogen-bond acceptors (Lipinski definition) is 3. The zero-order valence-electron chi connectivity index (χ0n) is 15.3. The second-order valence-electron chi connectivity index (χ2n) is 7.43. The molecule has 1 amide bonds. The van der Waals surface area contributed by atoms with Crippen molar-refractivity contribution < 1.29 is 9.53 Å². The lowest BCUT2D eigenvalue weighted by Crippen LogP contribution is -2.34. The summed E-state index contributed by atoms with van der Waals surface area (Å²) in [4.78, 5) is 27.3. The maximum absolute atomic E-state index is 13.0. The van der Waals surface area contributed by atoms with Crippen LogP contribution in [0, 0.1) is 12.8 Å². The molecule has 0 radical (unpaired) electrons. The highest BCUT2D eigenvalue weighted by Crippen LogP contribution is 2.33. The third-order valence-electron chi connectivity index (χ3n) is 5.48. The first kappa shape index (κ1) is 16.9. The maximum Gasteiger partial charge on any atom is 0.274 e. The molecule has 1 aromatic carbocycles. The summed E-state index contributed by atoms with van der Waals surface area (Å²) in [7, 11) is 1.64. The Balaban J connectivity index is 1.61. The van der Waals surface area contributed by atoms with Crippen molar-refractivity contribution in [3.05, 3.63) is 58.0 Å². The average Bonchev–Trinajstić information content (AvgIpc) is 3.39. The van der Waals surface area contributed by atoms with Crippen LogP contribution in [0.25, 0.3) is 0 Å². The standard InChI is InChI=1S/C21H24N2O3/c1-14-9-10-22(12-15-3-4-15)21(25)20(14)23-13-17(11-19(23)24)16-5-7-18(26-2)8-6-16/h5-10,15,17H,3-4,11-13H2,1-2H3. The summed E-state index contributed by atoms with van der Waals surface area (Å²) in [5.74, 6) is 1.54. The molecule has 1 saturated heterocycles. The number of aromatic nitrogens is 1. The molecule has 0 spiro atoms. The zero-order valence-corrected chi connectivity index (χ0v) is 15.3. The van der Waals surface area contributed by atoms with E-state index < -0.39 is 0 Å². The minimum atomic E-state index is -0.0411. The molecule has 1 aliphatic carbocycles. The Hall–Kier alpha value is -2.56. The monoisotopic (exact) mass is 352 g/mol. The fourth-order valence-corrected chi connectivity index (χ4v) is 3.73. The number of methoxy groups -OCH3 is 1. The predicted molar refractivity (Wildman–Crippen MR) is 101 cm³/mol. The number of amides is 1. The van der Waals surface area contributed by atoms with E-state index in [-0.39, 0.29) is 17.4 Å². The molecule has 26 heavy (non-hydrogen) atoms. The van der Waals surface area contributed by atoms with E-state index in [9.17, 15) is 9.59 Å². The van der Waals surface area contributed by atoms with Crippen LogP contribution in [0.1, 0.15) is 36.3 Å². The Morgan fingerprint density at radius 1 is 1.12 bits per heavy atom. The average molecular weight is 352 g/mol. The first-order valence-corrected chi connectivity index (χ1v) is 9.21. The molecule has 1 unspecified atom stereocenters. The van der Waals surface area contributed by atoms with Crippen LogP contribution in [0.4, 0.5) is 5.69 Å². The molecule has 0 N–H and O–H groups in total. The summed E-state index contributed by atoms with van der Waals surface area (Å²) >= 11 is 0. The topological polar surface area (TPSA) is 51.5 Å². The lowest BCUT2D eigenvalue weighted by Gasteiger charge is -2.20. The van der Waals surface area contributed by atoms with Crippen LogP contribution in [-0.4, -0.2) is 24.1 Å². The molecule has 2 heterocycles. The summed E-state index contributed by atoms with van der Waals surface area (Å²) in [5.41, 5.74) is 2.48. The van der Waals surface area contributed by atoms with Gasteiger partial charge < -0.3 is 14.2 Å². The van der Waals surface area contributed by atoms with Crippen molar-refractivity contribution in [3.63, 3.8) is 0 Å². The van der Waals surface area contributed by atoms with Crippen molar-refractivity contribution >= 4 is 11.6 Å². The summed E-state index contributed by atoms with van der Waals surface area (Å²) in [5, 5.41) is 0. The first-order valence-electron chi connectivity index (χ1n) is 9.21. The lowest BCUT2D eigenvalue weighted by atomic mass is 9.98. The number of anilines is 1. The SMILES string of the molecule is COc1ccc(C2CC(=O)N(c3c(C)ccn(CC4CC4)c3=O)C2)cc1. The number of hydrogen-bond donors (Lipinski definition) is 0. The smallest absolute Gasteiger partial charge is 0.274 e. The van der Waals surface area contributed by atoms with Gasteiger partial charge in [-0.25, -0.2) is 0 Å². The molecule has 0 bridgehead atoms. The van der Waals surface area contributed by atoms with Crippen LogP contribution in [0.5, 0.6) is 5.75 Å². The summed E-state index contributed by atoms with van der Waals surface area (Å²) in [6.45, 7) is 3.22. The normalized spacial score (nSPS) is 19.8. The van der Waals surface area contributed by atoms with E-state index >= 15 is 0 Å². The molecular weight excluding hydrogens is 328 g/mol. The maximum atomic E-state index is 13.0. The number of aryl methyl sites for hydroxylation is 1. The molecule has 2 fully saturated rings. The van der Waals surface area contributed by atoms with Crippen LogP contribution in [0.15, 0.2) is 41.3 Å². The van der Waals surface area contributed by atoms with E-state index in [1.54, 1.807) is 16.6 Å². The number of carbonyl (C=O) groups is 1. The highest BCUT2D eigenvalue weighted by Gasteiger charge is 2.34. The first-order chi connectivity index (χ1) is 12.6.